The lowest BCUT2D eigenvalue weighted by molar-refractivity contribution is -0.116. The second-order valence-electron chi connectivity index (χ2n) is 4.07. The molecule has 0 spiro atoms. The number of amides is 1. The van der Waals surface area contributed by atoms with E-state index in [0.717, 1.165) is 37.6 Å². The molecule has 5 nitrogen and oxygen atoms in total. The van der Waals surface area contributed by atoms with Crippen LogP contribution in [0.4, 0.5) is 0 Å². The third-order valence-electron chi connectivity index (χ3n) is 2.86. The number of hydrogen-bond acceptors (Lipinski definition) is 5. The van der Waals surface area contributed by atoms with E-state index in [1.165, 1.54) is 11.8 Å². The molecule has 2 aliphatic heterocycles. The first kappa shape index (κ1) is 11.9. The van der Waals surface area contributed by atoms with E-state index in [1.54, 1.807) is 0 Å². The van der Waals surface area contributed by atoms with Crippen LogP contribution in [0, 0.1) is 0 Å². The Balaban J connectivity index is 1.78. The molecule has 1 amide bonds. The van der Waals surface area contributed by atoms with Gasteiger partial charge in [-0.3, -0.25) is 9.79 Å². The Labute approximate surface area is 99.3 Å². The van der Waals surface area contributed by atoms with E-state index < -0.39 is 0 Å². The lowest BCUT2D eigenvalue weighted by Crippen LogP contribution is -2.37. The lowest BCUT2D eigenvalue weighted by Gasteiger charge is -2.29. The number of likely N-dealkylation sites (tertiary alicyclic amines) is 1. The Bertz CT molecular complexity index is 288. The molecule has 2 aliphatic rings. The predicted octanol–water partition coefficient (Wildman–Crippen LogP) is -0.338. The second-order valence-corrected chi connectivity index (χ2v) is 5.03. The number of rotatable bonds is 3. The fraction of sp³-hybridized carbons (Fsp3) is 0.800. The number of piperidine rings is 1. The minimum Gasteiger partial charge on any atom is -0.395 e. The molecule has 2 N–H and O–H groups in total. The van der Waals surface area contributed by atoms with Crippen LogP contribution in [0.5, 0.6) is 0 Å². The van der Waals surface area contributed by atoms with Crippen LogP contribution in [0.3, 0.4) is 0 Å². The van der Waals surface area contributed by atoms with Crippen LogP contribution in [0.15, 0.2) is 4.99 Å². The summed E-state index contributed by atoms with van der Waals surface area (Å²) < 4.78 is 0. The number of nitrogens with zero attached hydrogens (tertiary/aromatic N) is 2. The van der Waals surface area contributed by atoms with Gasteiger partial charge in [0, 0.05) is 19.6 Å². The predicted molar refractivity (Wildman–Crippen MR) is 64.6 cm³/mol. The highest BCUT2D eigenvalue weighted by atomic mass is 32.2. The Morgan fingerprint density at radius 1 is 1.50 bits per heavy atom. The summed E-state index contributed by atoms with van der Waals surface area (Å²) in [6, 6.07) is 0.329. The first-order chi connectivity index (χ1) is 7.78. The van der Waals surface area contributed by atoms with Gasteiger partial charge in [0.25, 0.3) is 0 Å². The van der Waals surface area contributed by atoms with E-state index >= 15 is 0 Å². The molecule has 0 unspecified atom stereocenters. The zero-order valence-corrected chi connectivity index (χ0v) is 10.0. The number of aliphatic imine (C=N–C) groups is 1. The summed E-state index contributed by atoms with van der Waals surface area (Å²) in [4.78, 5) is 17.8. The highest BCUT2D eigenvalue weighted by Gasteiger charge is 2.21. The lowest BCUT2D eigenvalue weighted by atomic mass is 10.1. The van der Waals surface area contributed by atoms with Crippen molar-refractivity contribution in [2.24, 2.45) is 4.99 Å². The highest BCUT2D eigenvalue weighted by Crippen LogP contribution is 2.17. The molecule has 0 aromatic heterocycles. The van der Waals surface area contributed by atoms with Crippen molar-refractivity contribution in [1.29, 1.82) is 0 Å². The van der Waals surface area contributed by atoms with Crippen LogP contribution in [0.25, 0.3) is 0 Å². The first-order valence-corrected chi connectivity index (χ1v) is 6.60. The summed E-state index contributed by atoms with van der Waals surface area (Å²) in [6.07, 6.45) is 2.03. The normalized spacial score (nSPS) is 26.3. The highest BCUT2D eigenvalue weighted by molar-refractivity contribution is 8.15. The average Bonchev–Trinajstić information content (AvgIpc) is 2.67. The van der Waals surface area contributed by atoms with Crippen molar-refractivity contribution in [1.82, 2.24) is 10.2 Å². The Hall–Kier alpha value is -0.590. The number of hydrogen-bond donors (Lipinski definition) is 2. The standard InChI is InChI=1S/C10H17N3O2S/c14-6-5-13-3-1-8(2-4-13)11-10-12-9(15)7-16-10/h8,14H,1-7H2,(H,11,12,15). The van der Waals surface area contributed by atoms with Crippen molar-refractivity contribution in [2.45, 2.75) is 18.9 Å². The summed E-state index contributed by atoms with van der Waals surface area (Å²) >= 11 is 1.49. The first-order valence-electron chi connectivity index (χ1n) is 5.61. The molecule has 90 valence electrons. The van der Waals surface area contributed by atoms with E-state index in [1.807, 2.05) is 0 Å². The Kier molecular flexibility index (Phi) is 4.20. The molecular weight excluding hydrogens is 226 g/mol. The number of nitrogens with one attached hydrogen (secondary N) is 1. The van der Waals surface area contributed by atoms with Crippen LogP contribution in [-0.4, -0.2) is 59.1 Å². The topological polar surface area (TPSA) is 64.9 Å². The van der Waals surface area contributed by atoms with E-state index in [9.17, 15) is 4.79 Å². The molecule has 16 heavy (non-hydrogen) atoms. The summed E-state index contributed by atoms with van der Waals surface area (Å²) in [5.74, 6) is 0.559. The molecule has 0 radical (unpaired) electrons. The molecule has 6 heteroatoms. The van der Waals surface area contributed by atoms with Crippen molar-refractivity contribution in [3.05, 3.63) is 0 Å². The van der Waals surface area contributed by atoms with Gasteiger partial charge in [0.05, 0.1) is 18.4 Å². The molecule has 0 aliphatic carbocycles. The molecule has 0 saturated carbocycles. The van der Waals surface area contributed by atoms with Gasteiger partial charge in [0.1, 0.15) is 0 Å². The zero-order valence-electron chi connectivity index (χ0n) is 9.19. The number of β-amino-alcohol motifs (C(OH)–C–C–N with tert-alkyl or cyclic N) is 1. The van der Waals surface area contributed by atoms with Gasteiger partial charge >= 0.3 is 0 Å². The number of aliphatic hydroxyl groups is 1. The van der Waals surface area contributed by atoms with Crippen molar-refractivity contribution in [3.63, 3.8) is 0 Å². The molecule has 0 aromatic rings. The quantitative estimate of drug-likeness (QED) is 0.712. The summed E-state index contributed by atoms with van der Waals surface area (Å²) in [6.45, 7) is 2.96. The third-order valence-corrected chi connectivity index (χ3v) is 3.75. The third kappa shape index (κ3) is 3.20. The van der Waals surface area contributed by atoms with Crippen LogP contribution in [0.1, 0.15) is 12.8 Å². The van der Waals surface area contributed by atoms with Crippen molar-refractivity contribution >= 4 is 22.8 Å². The maximum Gasteiger partial charge on any atom is 0.236 e. The maximum atomic E-state index is 11.0. The SMILES string of the molecule is O=C1CSC(=NC2CCN(CCO)CC2)N1. The number of carbonyl (C=O) groups excluding carboxylic acids is 1. The van der Waals surface area contributed by atoms with Gasteiger partial charge < -0.3 is 15.3 Å². The van der Waals surface area contributed by atoms with Crippen molar-refractivity contribution < 1.29 is 9.90 Å². The second kappa shape index (κ2) is 5.65. The molecular formula is C10H17N3O2S. The van der Waals surface area contributed by atoms with E-state index in [2.05, 4.69) is 15.2 Å². The molecule has 2 saturated heterocycles. The van der Waals surface area contributed by atoms with Crippen LogP contribution in [0.2, 0.25) is 0 Å². The summed E-state index contributed by atoms with van der Waals surface area (Å²) in [7, 11) is 0. The van der Waals surface area contributed by atoms with Gasteiger partial charge in [0.2, 0.25) is 5.91 Å². The fourth-order valence-corrected chi connectivity index (χ4v) is 2.72. The van der Waals surface area contributed by atoms with Crippen molar-refractivity contribution in [2.75, 3.05) is 32.0 Å². The zero-order chi connectivity index (χ0) is 11.4. The van der Waals surface area contributed by atoms with Gasteiger partial charge in [-0.15, -0.1) is 0 Å². The smallest absolute Gasteiger partial charge is 0.236 e. The Morgan fingerprint density at radius 2 is 2.25 bits per heavy atom. The van der Waals surface area contributed by atoms with Gasteiger partial charge in [0.15, 0.2) is 5.17 Å². The summed E-state index contributed by atoms with van der Waals surface area (Å²) in [5, 5.41) is 12.4. The van der Waals surface area contributed by atoms with E-state index in [-0.39, 0.29) is 12.5 Å². The minimum atomic E-state index is 0.0569. The largest absolute Gasteiger partial charge is 0.395 e. The number of thioether (sulfide) groups is 1. The Morgan fingerprint density at radius 3 is 2.81 bits per heavy atom. The van der Waals surface area contributed by atoms with Crippen LogP contribution in [-0.2, 0) is 4.79 Å². The minimum absolute atomic E-state index is 0.0569. The maximum absolute atomic E-state index is 11.0. The fourth-order valence-electron chi connectivity index (χ4n) is 1.97. The van der Waals surface area contributed by atoms with Crippen molar-refractivity contribution in [3.8, 4) is 0 Å². The number of aliphatic hydroxyl groups excluding tert-OH is 1. The van der Waals surface area contributed by atoms with Gasteiger partial charge in [-0.1, -0.05) is 11.8 Å². The molecule has 2 fully saturated rings. The van der Waals surface area contributed by atoms with Gasteiger partial charge in [-0.25, -0.2) is 0 Å². The molecule has 0 atom stereocenters. The van der Waals surface area contributed by atoms with Crippen LogP contribution >= 0.6 is 11.8 Å². The van der Waals surface area contributed by atoms with E-state index in [0.29, 0.717) is 11.8 Å². The van der Waals surface area contributed by atoms with Crippen LogP contribution < -0.4 is 5.32 Å². The molecule has 2 heterocycles. The number of carbonyl (C=O) groups is 1. The molecule has 0 bridgehead atoms. The molecule has 0 aromatic carbocycles. The monoisotopic (exact) mass is 243 g/mol. The average molecular weight is 243 g/mol. The molecule has 2 rings (SSSR count). The van der Waals surface area contributed by atoms with E-state index in [4.69, 9.17) is 5.11 Å². The number of amidine groups is 1. The summed E-state index contributed by atoms with van der Waals surface area (Å²) in [5.41, 5.74) is 0. The van der Waals surface area contributed by atoms with Gasteiger partial charge in [-0.05, 0) is 12.8 Å². The van der Waals surface area contributed by atoms with Gasteiger partial charge in [-0.2, -0.15) is 0 Å².